The molecule has 0 aliphatic carbocycles. The molecule has 5 nitrogen and oxygen atoms in total. The molecule has 7 heteroatoms. The number of benzene rings is 1. The highest BCUT2D eigenvalue weighted by atomic mass is 32.2. The Morgan fingerprint density at radius 2 is 1.62 bits per heavy atom. The Morgan fingerprint density at radius 3 is 2.25 bits per heavy atom. The van der Waals surface area contributed by atoms with Crippen molar-refractivity contribution in [3.63, 3.8) is 0 Å². The van der Waals surface area contributed by atoms with Gasteiger partial charge in [-0.15, -0.1) is 21.0 Å². The number of rotatable bonds is 2. The largest absolute Gasteiger partial charge is 0.339 e. The van der Waals surface area contributed by atoms with Crippen molar-refractivity contribution in [3.05, 3.63) is 24.3 Å². The standard InChI is InChI=1S/C17H24N3O2PS/c1-13(21)18-8-10-19(11-9-18)17(22)20-7-6-16(12-20)24-15-4-2-14(23)3-5-15/h2-5,16H,6-12,23H2,1H3/t16-/m0/s1. The molecule has 0 aromatic heterocycles. The van der Waals surface area contributed by atoms with Crippen LogP contribution in [0.5, 0.6) is 0 Å². The Hall–Kier alpha value is -1.26. The maximum Gasteiger partial charge on any atom is 0.320 e. The topological polar surface area (TPSA) is 43.9 Å². The number of hydrogen-bond acceptors (Lipinski definition) is 3. The Kier molecular flexibility index (Phi) is 5.67. The van der Waals surface area contributed by atoms with Crippen molar-refractivity contribution in [2.45, 2.75) is 23.5 Å². The number of thioether (sulfide) groups is 1. The highest BCUT2D eigenvalue weighted by molar-refractivity contribution is 8.00. The van der Waals surface area contributed by atoms with E-state index in [2.05, 4.69) is 33.5 Å². The number of carbonyl (C=O) groups excluding carboxylic acids is 2. The van der Waals surface area contributed by atoms with Gasteiger partial charge in [-0.05, 0) is 23.9 Å². The van der Waals surface area contributed by atoms with E-state index in [1.165, 1.54) is 10.2 Å². The van der Waals surface area contributed by atoms with E-state index in [0.717, 1.165) is 19.5 Å². The summed E-state index contributed by atoms with van der Waals surface area (Å²) in [4.78, 5) is 30.9. The second kappa shape index (κ2) is 7.75. The molecule has 2 aliphatic rings. The van der Waals surface area contributed by atoms with Crippen LogP contribution in [0.15, 0.2) is 29.2 Å². The van der Waals surface area contributed by atoms with Crippen LogP contribution in [0.4, 0.5) is 4.79 Å². The quantitative estimate of drug-likeness (QED) is 0.749. The molecule has 1 aromatic rings. The highest BCUT2D eigenvalue weighted by Crippen LogP contribution is 2.30. The number of piperazine rings is 1. The average molecular weight is 365 g/mol. The van der Waals surface area contributed by atoms with Crippen molar-refractivity contribution in [1.29, 1.82) is 0 Å². The number of nitrogens with zero attached hydrogens (tertiary/aromatic N) is 3. The number of likely N-dealkylation sites (tertiary alicyclic amines) is 1. The molecule has 0 radical (unpaired) electrons. The van der Waals surface area contributed by atoms with Gasteiger partial charge in [-0.25, -0.2) is 4.79 Å². The summed E-state index contributed by atoms with van der Waals surface area (Å²) < 4.78 is 0. The van der Waals surface area contributed by atoms with Crippen LogP contribution in [0.25, 0.3) is 0 Å². The molecule has 0 N–H and O–H groups in total. The fraction of sp³-hybridized carbons (Fsp3) is 0.529. The Bertz CT molecular complexity index is 602. The predicted molar refractivity (Wildman–Crippen MR) is 101 cm³/mol. The number of amides is 3. The lowest BCUT2D eigenvalue weighted by atomic mass is 10.3. The molecule has 2 atom stereocenters. The molecule has 24 heavy (non-hydrogen) atoms. The molecule has 130 valence electrons. The Labute approximate surface area is 149 Å². The second-order valence-electron chi connectivity index (χ2n) is 6.32. The van der Waals surface area contributed by atoms with Crippen LogP contribution in [0.1, 0.15) is 13.3 Å². The molecule has 2 fully saturated rings. The third-order valence-corrected chi connectivity index (χ3v) is 6.24. The van der Waals surface area contributed by atoms with Gasteiger partial charge in [-0.3, -0.25) is 4.79 Å². The summed E-state index contributed by atoms with van der Waals surface area (Å²) in [7, 11) is 2.70. The zero-order valence-corrected chi connectivity index (χ0v) is 16.0. The number of urea groups is 1. The van der Waals surface area contributed by atoms with E-state index in [-0.39, 0.29) is 11.9 Å². The minimum Gasteiger partial charge on any atom is -0.339 e. The maximum absolute atomic E-state index is 12.7. The van der Waals surface area contributed by atoms with Gasteiger partial charge in [-0.2, -0.15) is 0 Å². The van der Waals surface area contributed by atoms with Gasteiger partial charge in [0.25, 0.3) is 0 Å². The second-order valence-corrected chi connectivity index (χ2v) is 8.36. The van der Waals surface area contributed by atoms with Crippen molar-refractivity contribution in [2.24, 2.45) is 0 Å². The zero-order chi connectivity index (χ0) is 17.1. The summed E-state index contributed by atoms with van der Waals surface area (Å²) in [6.07, 6.45) is 1.03. The first-order valence-electron chi connectivity index (χ1n) is 8.34. The van der Waals surface area contributed by atoms with Gasteiger partial charge in [0.05, 0.1) is 0 Å². The van der Waals surface area contributed by atoms with Gasteiger partial charge in [0.2, 0.25) is 5.91 Å². The average Bonchev–Trinajstić information content (AvgIpc) is 3.05. The van der Waals surface area contributed by atoms with E-state index in [1.807, 2.05) is 26.5 Å². The van der Waals surface area contributed by atoms with Crippen LogP contribution in [-0.4, -0.2) is 71.2 Å². The van der Waals surface area contributed by atoms with Gasteiger partial charge < -0.3 is 14.7 Å². The lowest BCUT2D eigenvalue weighted by Crippen LogP contribution is -2.53. The van der Waals surface area contributed by atoms with Crippen LogP contribution in [0.2, 0.25) is 0 Å². The summed E-state index contributed by atoms with van der Waals surface area (Å²) in [6.45, 7) is 5.79. The molecule has 3 rings (SSSR count). The lowest BCUT2D eigenvalue weighted by Gasteiger charge is -2.36. The van der Waals surface area contributed by atoms with E-state index in [1.54, 1.807) is 6.92 Å². The first-order valence-corrected chi connectivity index (χ1v) is 9.80. The van der Waals surface area contributed by atoms with Crippen molar-refractivity contribution in [3.8, 4) is 0 Å². The first-order chi connectivity index (χ1) is 11.5. The minimum absolute atomic E-state index is 0.0937. The summed E-state index contributed by atoms with van der Waals surface area (Å²) in [6, 6.07) is 8.59. The smallest absolute Gasteiger partial charge is 0.320 e. The van der Waals surface area contributed by atoms with Gasteiger partial charge in [0.1, 0.15) is 0 Å². The van der Waals surface area contributed by atoms with Crippen LogP contribution in [0, 0.1) is 0 Å². The Balaban J connectivity index is 1.49. The van der Waals surface area contributed by atoms with Crippen molar-refractivity contribution in [1.82, 2.24) is 14.7 Å². The summed E-state index contributed by atoms with van der Waals surface area (Å²) >= 11 is 1.86. The molecular weight excluding hydrogens is 341 g/mol. The fourth-order valence-corrected chi connectivity index (χ4v) is 4.50. The van der Waals surface area contributed by atoms with Crippen molar-refractivity contribution < 1.29 is 9.59 Å². The van der Waals surface area contributed by atoms with Crippen LogP contribution < -0.4 is 5.30 Å². The van der Waals surface area contributed by atoms with Gasteiger partial charge >= 0.3 is 6.03 Å². The molecule has 0 bridgehead atoms. The molecule has 0 spiro atoms. The summed E-state index contributed by atoms with van der Waals surface area (Å²) in [5.41, 5.74) is 0. The number of carbonyl (C=O) groups is 2. The molecule has 1 aromatic carbocycles. The van der Waals surface area contributed by atoms with Crippen LogP contribution in [0.3, 0.4) is 0 Å². The van der Waals surface area contributed by atoms with Crippen LogP contribution >= 0.6 is 21.0 Å². The first kappa shape index (κ1) is 17.6. The molecule has 2 aliphatic heterocycles. The van der Waals surface area contributed by atoms with E-state index < -0.39 is 0 Å². The predicted octanol–water partition coefficient (Wildman–Crippen LogP) is 1.64. The fourth-order valence-electron chi connectivity index (χ4n) is 3.15. The van der Waals surface area contributed by atoms with Gasteiger partial charge in [0.15, 0.2) is 0 Å². The normalized spacial score (nSPS) is 21.2. The molecule has 1 unspecified atom stereocenters. The molecule has 2 saturated heterocycles. The minimum atomic E-state index is 0.0937. The van der Waals surface area contributed by atoms with E-state index >= 15 is 0 Å². The molecule has 3 amide bonds. The van der Waals surface area contributed by atoms with Crippen molar-refractivity contribution >= 4 is 38.2 Å². The summed E-state index contributed by atoms with van der Waals surface area (Å²) in [5.74, 6) is 0.0937. The number of hydrogen-bond donors (Lipinski definition) is 0. The molecule has 2 heterocycles. The zero-order valence-electron chi connectivity index (χ0n) is 14.0. The highest BCUT2D eigenvalue weighted by Gasteiger charge is 2.31. The van der Waals surface area contributed by atoms with Crippen LogP contribution in [-0.2, 0) is 4.79 Å². The third-order valence-electron chi connectivity index (χ3n) is 4.59. The van der Waals surface area contributed by atoms with Gasteiger partial charge in [0, 0.05) is 56.3 Å². The lowest BCUT2D eigenvalue weighted by molar-refractivity contribution is -0.130. The van der Waals surface area contributed by atoms with Gasteiger partial charge in [-0.1, -0.05) is 12.1 Å². The van der Waals surface area contributed by atoms with E-state index in [9.17, 15) is 9.59 Å². The monoisotopic (exact) mass is 365 g/mol. The third kappa shape index (κ3) is 4.22. The summed E-state index contributed by atoms with van der Waals surface area (Å²) in [5, 5.41) is 1.65. The van der Waals surface area contributed by atoms with Crippen molar-refractivity contribution in [2.75, 3.05) is 39.3 Å². The SMILES string of the molecule is CC(=O)N1CCN(C(=O)N2CC[C@H](Sc3ccc(P)cc3)C2)CC1. The molecule has 0 saturated carbocycles. The van der Waals surface area contributed by atoms with E-state index in [0.29, 0.717) is 31.4 Å². The molecular formula is C17H24N3O2PS. The Morgan fingerprint density at radius 1 is 1.00 bits per heavy atom. The van der Waals surface area contributed by atoms with E-state index in [4.69, 9.17) is 0 Å². The maximum atomic E-state index is 12.7.